The minimum absolute atomic E-state index is 0.301. The van der Waals surface area contributed by atoms with Gasteiger partial charge in [-0.1, -0.05) is 17.7 Å². The molecule has 0 saturated heterocycles. The van der Waals surface area contributed by atoms with E-state index in [9.17, 15) is 0 Å². The number of alkyl halides is 1. The third-order valence-electron chi connectivity index (χ3n) is 2.78. The van der Waals surface area contributed by atoms with Crippen molar-refractivity contribution in [3.63, 3.8) is 0 Å². The summed E-state index contributed by atoms with van der Waals surface area (Å²) in [7, 11) is 0. The summed E-state index contributed by atoms with van der Waals surface area (Å²) >= 11 is 15.6. The largest absolute Gasteiger partial charge is 0.278 e. The van der Waals surface area contributed by atoms with Crippen molar-refractivity contribution < 1.29 is 0 Å². The maximum atomic E-state index is 6.14. The van der Waals surface area contributed by atoms with Crippen molar-refractivity contribution in [1.82, 2.24) is 14.5 Å². The summed E-state index contributed by atoms with van der Waals surface area (Å²) in [5, 5.41) is 0.635. The van der Waals surface area contributed by atoms with Gasteiger partial charge in [0.25, 0.3) is 0 Å². The SMILES string of the molecule is ClCc1nc2cccnc2n1-c1cccc(Cl)c1Br. The molecule has 2 aromatic heterocycles. The van der Waals surface area contributed by atoms with Crippen molar-refractivity contribution in [1.29, 1.82) is 0 Å². The molecule has 0 radical (unpaired) electrons. The number of rotatable bonds is 2. The molecule has 0 spiro atoms. The number of pyridine rings is 1. The third kappa shape index (κ3) is 2.14. The van der Waals surface area contributed by atoms with E-state index < -0.39 is 0 Å². The van der Waals surface area contributed by atoms with Gasteiger partial charge in [-0.2, -0.15) is 0 Å². The first kappa shape index (κ1) is 12.9. The van der Waals surface area contributed by atoms with Gasteiger partial charge in [0, 0.05) is 6.20 Å². The number of benzene rings is 1. The van der Waals surface area contributed by atoms with E-state index in [0.29, 0.717) is 10.9 Å². The molecule has 0 amide bonds. The second kappa shape index (κ2) is 5.12. The molecule has 1 aromatic carbocycles. The van der Waals surface area contributed by atoms with Crippen LogP contribution in [0.1, 0.15) is 5.82 Å². The van der Waals surface area contributed by atoms with Crippen LogP contribution in [0, 0.1) is 0 Å². The molecule has 0 unspecified atom stereocenters. The van der Waals surface area contributed by atoms with Crippen molar-refractivity contribution in [2.24, 2.45) is 0 Å². The zero-order chi connectivity index (χ0) is 13.4. The van der Waals surface area contributed by atoms with E-state index in [1.807, 2.05) is 34.9 Å². The minimum atomic E-state index is 0.301. The Morgan fingerprint density at radius 1 is 1.21 bits per heavy atom. The van der Waals surface area contributed by atoms with Gasteiger partial charge >= 0.3 is 0 Å². The highest BCUT2D eigenvalue weighted by molar-refractivity contribution is 9.10. The fourth-order valence-corrected chi connectivity index (χ4v) is 2.76. The number of halogens is 3. The highest BCUT2D eigenvalue weighted by Crippen LogP contribution is 2.31. The molecule has 0 aliphatic heterocycles. The van der Waals surface area contributed by atoms with Gasteiger partial charge in [0.2, 0.25) is 0 Å². The molecule has 3 rings (SSSR count). The highest BCUT2D eigenvalue weighted by Gasteiger charge is 2.15. The maximum Gasteiger partial charge on any atom is 0.164 e. The number of imidazole rings is 1. The second-order valence-corrected chi connectivity index (χ2v) is 5.38. The van der Waals surface area contributed by atoms with Crippen molar-refractivity contribution in [2.75, 3.05) is 0 Å². The molecule has 0 saturated carbocycles. The average Bonchev–Trinajstić information content (AvgIpc) is 2.80. The zero-order valence-corrected chi connectivity index (χ0v) is 12.7. The summed E-state index contributed by atoms with van der Waals surface area (Å²) in [6, 6.07) is 9.41. The summed E-state index contributed by atoms with van der Waals surface area (Å²) in [4.78, 5) is 8.86. The number of hydrogen-bond donors (Lipinski definition) is 0. The first-order valence-electron chi connectivity index (χ1n) is 5.55. The topological polar surface area (TPSA) is 30.7 Å². The molecular formula is C13H8BrCl2N3. The predicted octanol–water partition coefficient (Wildman–Crippen LogP) is 4.58. The molecule has 0 aliphatic rings. The molecule has 3 nitrogen and oxygen atoms in total. The van der Waals surface area contributed by atoms with Crippen LogP contribution in [0.3, 0.4) is 0 Å². The Hall–Kier alpha value is -1.10. The van der Waals surface area contributed by atoms with Crippen LogP contribution in [0.15, 0.2) is 41.0 Å². The third-order valence-corrected chi connectivity index (χ3v) is 4.39. The predicted molar refractivity (Wildman–Crippen MR) is 81.1 cm³/mol. The second-order valence-electron chi connectivity index (χ2n) is 3.92. The summed E-state index contributed by atoms with van der Waals surface area (Å²) in [5.74, 6) is 1.04. The van der Waals surface area contributed by atoms with Gasteiger partial charge in [0.05, 0.1) is 21.1 Å². The van der Waals surface area contributed by atoms with Crippen LogP contribution >= 0.6 is 39.1 Å². The molecular weight excluding hydrogens is 349 g/mol. The van der Waals surface area contributed by atoms with Gasteiger partial charge in [0.15, 0.2) is 5.65 Å². The van der Waals surface area contributed by atoms with E-state index in [1.165, 1.54) is 0 Å². The van der Waals surface area contributed by atoms with Gasteiger partial charge < -0.3 is 0 Å². The lowest BCUT2D eigenvalue weighted by atomic mass is 10.3. The fourth-order valence-electron chi connectivity index (χ4n) is 1.97. The summed E-state index contributed by atoms with van der Waals surface area (Å²) in [5.41, 5.74) is 2.45. The van der Waals surface area contributed by atoms with Crippen LogP contribution in [0.5, 0.6) is 0 Å². The van der Waals surface area contributed by atoms with Crippen LogP contribution in [0.2, 0.25) is 5.02 Å². The molecule has 2 heterocycles. The van der Waals surface area contributed by atoms with Crippen molar-refractivity contribution in [3.05, 3.63) is 51.8 Å². The van der Waals surface area contributed by atoms with Crippen LogP contribution in [-0.4, -0.2) is 14.5 Å². The Labute approximate surface area is 128 Å². The fraction of sp³-hybridized carbons (Fsp3) is 0.0769. The summed E-state index contributed by atoms with van der Waals surface area (Å²) < 4.78 is 2.71. The molecule has 0 atom stereocenters. The lowest BCUT2D eigenvalue weighted by molar-refractivity contribution is 0.965. The normalized spacial score (nSPS) is 11.1. The van der Waals surface area contributed by atoms with E-state index in [0.717, 1.165) is 27.1 Å². The Balaban J connectivity index is 2.38. The number of nitrogens with zero attached hydrogens (tertiary/aromatic N) is 3. The highest BCUT2D eigenvalue weighted by atomic mass is 79.9. The van der Waals surface area contributed by atoms with Gasteiger partial charge in [-0.05, 0) is 40.2 Å². The van der Waals surface area contributed by atoms with Gasteiger partial charge in [-0.3, -0.25) is 4.57 Å². The monoisotopic (exact) mass is 355 g/mol. The molecule has 19 heavy (non-hydrogen) atoms. The van der Waals surface area contributed by atoms with Crippen LogP contribution in [0.25, 0.3) is 16.9 Å². The van der Waals surface area contributed by atoms with Crippen molar-refractivity contribution >= 4 is 50.3 Å². The van der Waals surface area contributed by atoms with E-state index in [2.05, 4.69) is 25.9 Å². The lowest BCUT2D eigenvalue weighted by Crippen LogP contribution is -2.01. The molecule has 6 heteroatoms. The van der Waals surface area contributed by atoms with Crippen molar-refractivity contribution in [3.8, 4) is 5.69 Å². The van der Waals surface area contributed by atoms with Gasteiger partial charge in [-0.15, -0.1) is 11.6 Å². The molecule has 0 fully saturated rings. The Bertz CT molecular complexity index is 755. The molecule has 3 aromatic rings. The minimum Gasteiger partial charge on any atom is -0.278 e. The quantitative estimate of drug-likeness (QED) is 0.629. The van der Waals surface area contributed by atoms with E-state index >= 15 is 0 Å². The standard InChI is InChI=1S/C13H8BrCl2N3/c14-12-8(16)3-1-5-10(12)19-11(7-15)18-9-4-2-6-17-13(9)19/h1-6H,7H2. The smallest absolute Gasteiger partial charge is 0.164 e. The van der Waals surface area contributed by atoms with Crippen molar-refractivity contribution in [2.45, 2.75) is 5.88 Å². The number of aromatic nitrogens is 3. The van der Waals surface area contributed by atoms with E-state index in [1.54, 1.807) is 6.20 Å². The van der Waals surface area contributed by atoms with E-state index in [4.69, 9.17) is 23.2 Å². The van der Waals surface area contributed by atoms with Crippen LogP contribution in [-0.2, 0) is 5.88 Å². The molecule has 96 valence electrons. The first-order chi connectivity index (χ1) is 9.22. The number of hydrogen-bond acceptors (Lipinski definition) is 2. The molecule has 0 bridgehead atoms. The van der Waals surface area contributed by atoms with Gasteiger partial charge in [-0.25, -0.2) is 9.97 Å². The number of fused-ring (bicyclic) bond motifs is 1. The van der Waals surface area contributed by atoms with Gasteiger partial charge in [0.1, 0.15) is 11.3 Å². The van der Waals surface area contributed by atoms with Crippen LogP contribution in [0.4, 0.5) is 0 Å². The molecule has 0 aliphatic carbocycles. The summed E-state index contributed by atoms with van der Waals surface area (Å²) in [6.45, 7) is 0. The summed E-state index contributed by atoms with van der Waals surface area (Å²) in [6.07, 6.45) is 1.73. The lowest BCUT2D eigenvalue weighted by Gasteiger charge is -2.10. The first-order valence-corrected chi connectivity index (χ1v) is 7.25. The Morgan fingerprint density at radius 2 is 2.05 bits per heavy atom. The zero-order valence-electron chi connectivity index (χ0n) is 9.65. The Morgan fingerprint density at radius 3 is 2.84 bits per heavy atom. The molecule has 0 N–H and O–H groups in total. The van der Waals surface area contributed by atoms with E-state index in [-0.39, 0.29) is 0 Å². The van der Waals surface area contributed by atoms with Crippen LogP contribution < -0.4 is 0 Å². The Kier molecular flexibility index (Phi) is 3.48. The average molecular weight is 357 g/mol. The maximum absolute atomic E-state index is 6.14.